The molecule has 2 rings (SSSR count). The normalized spacial score (nSPS) is 30.4. The minimum atomic E-state index is 0.583. The van der Waals surface area contributed by atoms with E-state index < -0.39 is 0 Å². The lowest BCUT2D eigenvalue weighted by molar-refractivity contribution is 0.530. The SMILES string of the molecule is CC1(C)CC1NCCSC1CCNCC1. The van der Waals surface area contributed by atoms with Gasteiger partial charge >= 0.3 is 0 Å². The number of piperidine rings is 1. The Bertz CT molecular complexity index is 200. The van der Waals surface area contributed by atoms with E-state index >= 15 is 0 Å². The van der Waals surface area contributed by atoms with Gasteiger partial charge in [0.15, 0.2) is 0 Å². The maximum Gasteiger partial charge on any atom is 0.0125 e. The molecule has 0 bridgehead atoms. The van der Waals surface area contributed by atoms with Crippen molar-refractivity contribution in [3.05, 3.63) is 0 Å². The average Bonchev–Trinajstić information content (AvgIpc) is 2.83. The van der Waals surface area contributed by atoms with Crippen LogP contribution in [0.5, 0.6) is 0 Å². The molecule has 1 saturated heterocycles. The van der Waals surface area contributed by atoms with Gasteiger partial charge < -0.3 is 10.6 Å². The first-order valence-corrected chi connectivity index (χ1v) is 7.29. The van der Waals surface area contributed by atoms with Gasteiger partial charge in [-0.3, -0.25) is 0 Å². The van der Waals surface area contributed by atoms with Crippen LogP contribution in [-0.2, 0) is 0 Å². The van der Waals surface area contributed by atoms with Crippen molar-refractivity contribution in [2.45, 2.75) is 44.4 Å². The molecule has 0 radical (unpaired) electrons. The van der Waals surface area contributed by atoms with Crippen LogP contribution in [0.15, 0.2) is 0 Å². The zero-order valence-electron chi connectivity index (χ0n) is 10.0. The number of thioether (sulfide) groups is 1. The van der Waals surface area contributed by atoms with E-state index in [1.165, 1.54) is 44.6 Å². The Morgan fingerprint density at radius 3 is 2.60 bits per heavy atom. The molecule has 2 fully saturated rings. The quantitative estimate of drug-likeness (QED) is 0.702. The third kappa shape index (κ3) is 3.65. The standard InChI is InChI=1S/C12H24N2S/c1-12(2)9-11(12)14-7-8-15-10-3-5-13-6-4-10/h10-11,13-14H,3-9H2,1-2H3. The molecule has 0 aromatic rings. The second-order valence-corrected chi connectivity index (χ2v) is 6.93. The van der Waals surface area contributed by atoms with Crippen molar-refractivity contribution in [1.82, 2.24) is 10.6 Å². The molecule has 1 unspecified atom stereocenters. The zero-order valence-corrected chi connectivity index (χ0v) is 10.8. The van der Waals surface area contributed by atoms with Crippen LogP contribution < -0.4 is 10.6 Å². The second kappa shape index (κ2) is 5.07. The van der Waals surface area contributed by atoms with Crippen molar-refractivity contribution in [3.63, 3.8) is 0 Å². The maximum absolute atomic E-state index is 3.65. The van der Waals surface area contributed by atoms with E-state index in [2.05, 4.69) is 36.2 Å². The van der Waals surface area contributed by atoms with E-state index in [9.17, 15) is 0 Å². The molecule has 0 aromatic carbocycles. The van der Waals surface area contributed by atoms with Gasteiger partial charge in [-0.2, -0.15) is 11.8 Å². The van der Waals surface area contributed by atoms with Crippen molar-refractivity contribution >= 4 is 11.8 Å². The molecule has 0 amide bonds. The summed E-state index contributed by atoms with van der Waals surface area (Å²) >= 11 is 2.16. The lowest BCUT2D eigenvalue weighted by atomic mass is 10.2. The fourth-order valence-corrected chi connectivity index (χ4v) is 3.37. The third-order valence-electron chi connectivity index (χ3n) is 3.65. The van der Waals surface area contributed by atoms with Crippen LogP contribution in [0.3, 0.4) is 0 Å². The predicted molar refractivity (Wildman–Crippen MR) is 68.5 cm³/mol. The number of nitrogens with one attached hydrogen (secondary N) is 2. The first kappa shape index (κ1) is 11.7. The van der Waals surface area contributed by atoms with Crippen molar-refractivity contribution in [2.75, 3.05) is 25.4 Å². The molecule has 3 heteroatoms. The summed E-state index contributed by atoms with van der Waals surface area (Å²) in [6.07, 6.45) is 4.09. The molecular formula is C12H24N2S. The summed E-state index contributed by atoms with van der Waals surface area (Å²) in [6, 6.07) is 0.797. The maximum atomic E-state index is 3.65. The Kier molecular flexibility index (Phi) is 3.97. The summed E-state index contributed by atoms with van der Waals surface area (Å²) in [7, 11) is 0. The fraction of sp³-hybridized carbons (Fsp3) is 1.00. The van der Waals surface area contributed by atoms with Gasteiger partial charge in [-0.15, -0.1) is 0 Å². The van der Waals surface area contributed by atoms with E-state index in [-0.39, 0.29) is 0 Å². The summed E-state index contributed by atoms with van der Waals surface area (Å²) in [5.41, 5.74) is 0.583. The average molecular weight is 228 g/mol. The molecule has 1 aliphatic heterocycles. The van der Waals surface area contributed by atoms with Crippen molar-refractivity contribution in [3.8, 4) is 0 Å². The highest BCUT2D eigenvalue weighted by Crippen LogP contribution is 2.44. The Balaban J connectivity index is 1.48. The molecule has 2 nitrogen and oxygen atoms in total. The second-order valence-electron chi connectivity index (χ2n) is 5.52. The van der Waals surface area contributed by atoms with Gasteiger partial charge in [0.2, 0.25) is 0 Å². The van der Waals surface area contributed by atoms with Crippen molar-refractivity contribution in [2.24, 2.45) is 5.41 Å². The Hall–Kier alpha value is 0.270. The van der Waals surface area contributed by atoms with Gasteiger partial charge in [0.1, 0.15) is 0 Å². The van der Waals surface area contributed by atoms with Crippen LogP contribution in [0.25, 0.3) is 0 Å². The highest BCUT2D eigenvalue weighted by molar-refractivity contribution is 7.99. The van der Waals surface area contributed by atoms with Gasteiger partial charge in [-0.25, -0.2) is 0 Å². The Labute approximate surface area is 98.0 Å². The molecule has 15 heavy (non-hydrogen) atoms. The molecule has 1 saturated carbocycles. The van der Waals surface area contributed by atoms with Crippen LogP contribution in [0.1, 0.15) is 33.1 Å². The van der Waals surface area contributed by atoms with Gasteiger partial charge in [-0.1, -0.05) is 13.8 Å². The first-order valence-electron chi connectivity index (χ1n) is 6.24. The molecule has 1 atom stereocenters. The van der Waals surface area contributed by atoms with E-state index in [4.69, 9.17) is 0 Å². The largest absolute Gasteiger partial charge is 0.317 e. The monoisotopic (exact) mass is 228 g/mol. The molecule has 0 aromatic heterocycles. The van der Waals surface area contributed by atoms with E-state index in [1.807, 2.05) is 0 Å². The van der Waals surface area contributed by atoms with Crippen molar-refractivity contribution in [1.29, 1.82) is 0 Å². The zero-order chi connectivity index (χ0) is 10.7. The highest BCUT2D eigenvalue weighted by Gasteiger charge is 2.44. The van der Waals surface area contributed by atoms with Gasteiger partial charge in [0.05, 0.1) is 0 Å². The number of hydrogen-bond donors (Lipinski definition) is 2. The van der Waals surface area contributed by atoms with Crippen LogP contribution in [-0.4, -0.2) is 36.7 Å². The molecule has 0 spiro atoms. The number of rotatable bonds is 5. The molecule has 2 aliphatic rings. The lowest BCUT2D eigenvalue weighted by Crippen LogP contribution is -2.30. The van der Waals surface area contributed by atoms with Gasteiger partial charge in [-0.05, 0) is 37.8 Å². The topological polar surface area (TPSA) is 24.1 Å². The third-order valence-corrected chi connectivity index (χ3v) is 5.03. The van der Waals surface area contributed by atoms with Crippen LogP contribution in [0, 0.1) is 5.41 Å². The molecule has 2 N–H and O–H groups in total. The molecule has 1 aliphatic carbocycles. The molecule has 88 valence electrons. The van der Waals surface area contributed by atoms with Gasteiger partial charge in [0, 0.05) is 23.6 Å². The highest BCUT2D eigenvalue weighted by atomic mass is 32.2. The van der Waals surface area contributed by atoms with Crippen molar-refractivity contribution < 1.29 is 0 Å². The molecular weight excluding hydrogens is 204 g/mol. The molecule has 1 heterocycles. The smallest absolute Gasteiger partial charge is 0.0125 e. The fourth-order valence-electron chi connectivity index (χ4n) is 2.24. The van der Waals surface area contributed by atoms with E-state index in [0.717, 1.165) is 11.3 Å². The van der Waals surface area contributed by atoms with Gasteiger partial charge in [0.25, 0.3) is 0 Å². The van der Waals surface area contributed by atoms with Crippen LogP contribution in [0.2, 0.25) is 0 Å². The number of hydrogen-bond acceptors (Lipinski definition) is 3. The Morgan fingerprint density at radius 2 is 2.00 bits per heavy atom. The lowest BCUT2D eigenvalue weighted by Gasteiger charge is -2.22. The van der Waals surface area contributed by atoms with Crippen LogP contribution in [0.4, 0.5) is 0 Å². The first-order chi connectivity index (χ1) is 7.18. The summed E-state index contributed by atoms with van der Waals surface area (Å²) in [6.45, 7) is 8.35. The van der Waals surface area contributed by atoms with E-state index in [1.54, 1.807) is 0 Å². The Morgan fingerprint density at radius 1 is 1.33 bits per heavy atom. The summed E-state index contributed by atoms with van der Waals surface area (Å²) in [4.78, 5) is 0. The van der Waals surface area contributed by atoms with Crippen LogP contribution >= 0.6 is 11.8 Å². The summed E-state index contributed by atoms with van der Waals surface area (Å²) in [5, 5.41) is 7.98. The summed E-state index contributed by atoms with van der Waals surface area (Å²) < 4.78 is 0. The minimum Gasteiger partial charge on any atom is -0.317 e. The predicted octanol–water partition coefficient (Wildman–Crippen LogP) is 1.86. The van der Waals surface area contributed by atoms with E-state index in [0.29, 0.717) is 5.41 Å². The summed E-state index contributed by atoms with van der Waals surface area (Å²) in [5.74, 6) is 1.29. The minimum absolute atomic E-state index is 0.583.